The lowest BCUT2D eigenvalue weighted by Crippen LogP contribution is -2.29. The second kappa shape index (κ2) is 8.36. The molecule has 3 aromatic rings. The van der Waals surface area contributed by atoms with Crippen molar-refractivity contribution in [2.24, 2.45) is 5.41 Å². The van der Waals surface area contributed by atoms with Gasteiger partial charge in [-0.1, -0.05) is 20.8 Å². The molecule has 0 amide bonds. The van der Waals surface area contributed by atoms with Crippen LogP contribution in [0.3, 0.4) is 0 Å². The summed E-state index contributed by atoms with van der Waals surface area (Å²) in [7, 11) is 0. The Hall–Kier alpha value is -3.05. The van der Waals surface area contributed by atoms with Gasteiger partial charge in [0, 0.05) is 31.9 Å². The maximum atomic E-state index is 11.4. The monoisotopic (exact) mass is 432 g/mol. The lowest BCUT2D eigenvalue weighted by atomic mass is 9.97. The van der Waals surface area contributed by atoms with E-state index in [1.807, 2.05) is 4.57 Å². The van der Waals surface area contributed by atoms with Crippen LogP contribution in [-0.4, -0.2) is 42.8 Å². The molecule has 3 rings (SSSR count). The first kappa shape index (κ1) is 21.7. The van der Waals surface area contributed by atoms with Crippen LogP contribution >= 0.6 is 11.8 Å². The molecule has 0 aliphatic rings. The number of imidazole rings is 1. The molecule has 1 aromatic carbocycles. The maximum absolute atomic E-state index is 11.4. The molecule has 10 nitrogen and oxygen atoms in total. The van der Waals surface area contributed by atoms with Crippen molar-refractivity contribution >= 4 is 34.3 Å². The van der Waals surface area contributed by atoms with Gasteiger partial charge in [-0.15, -0.1) is 0 Å². The molecular weight excluding hydrogens is 408 g/mol. The molecule has 2 aromatic heterocycles. The largest absolute Gasteiger partial charge is 0.504 e. The van der Waals surface area contributed by atoms with Crippen molar-refractivity contribution in [1.29, 1.82) is 0 Å². The quantitative estimate of drug-likeness (QED) is 0.191. The normalized spacial score (nSPS) is 11.8. The molecule has 160 valence electrons. The summed E-state index contributed by atoms with van der Waals surface area (Å²) in [5, 5.41) is 34.8. The zero-order valence-corrected chi connectivity index (χ0v) is 17.7. The Morgan fingerprint density at radius 3 is 2.67 bits per heavy atom. The molecule has 0 spiro atoms. The van der Waals surface area contributed by atoms with E-state index in [1.165, 1.54) is 0 Å². The minimum absolute atomic E-state index is 0.132. The summed E-state index contributed by atoms with van der Waals surface area (Å²) < 4.78 is 1.90. The van der Waals surface area contributed by atoms with Gasteiger partial charge in [0.25, 0.3) is 5.69 Å². The van der Waals surface area contributed by atoms with E-state index >= 15 is 0 Å². The minimum Gasteiger partial charge on any atom is -0.504 e. The Balaban J connectivity index is 1.98. The number of fused-ring (bicyclic) bond motifs is 1. The Labute approximate surface area is 177 Å². The fourth-order valence-electron chi connectivity index (χ4n) is 2.87. The van der Waals surface area contributed by atoms with Crippen LogP contribution in [0, 0.1) is 15.5 Å². The average molecular weight is 433 g/mol. The van der Waals surface area contributed by atoms with E-state index in [2.05, 4.69) is 36.1 Å². The molecule has 0 unspecified atom stereocenters. The predicted molar refractivity (Wildman–Crippen MR) is 115 cm³/mol. The fourth-order valence-corrected chi connectivity index (χ4v) is 3.91. The molecule has 0 radical (unpaired) electrons. The predicted octanol–water partition coefficient (Wildman–Crippen LogP) is 3.12. The van der Waals surface area contributed by atoms with Gasteiger partial charge in [0.05, 0.1) is 21.4 Å². The second-order valence-electron chi connectivity index (χ2n) is 8.02. The van der Waals surface area contributed by atoms with Crippen molar-refractivity contribution in [2.75, 3.05) is 18.8 Å². The molecule has 0 aliphatic carbocycles. The van der Waals surface area contributed by atoms with Crippen molar-refractivity contribution in [3.8, 4) is 11.5 Å². The zero-order valence-electron chi connectivity index (χ0n) is 16.9. The lowest BCUT2D eigenvalue weighted by Gasteiger charge is -2.19. The van der Waals surface area contributed by atoms with Crippen molar-refractivity contribution < 1.29 is 15.1 Å². The van der Waals surface area contributed by atoms with Crippen LogP contribution in [0.15, 0.2) is 34.4 Å². The van der Waals surface area contributed by atoms with Crippen LogP contribution in [0.4, 0.5) is 11.5 Å². The van der Waals surface area contributed by atoms with Gasteiger partial charge < -0.3 is 25.8 Å². The average Bonchev–Trinajstić information content (AvgIpc) is 2.99. The molecule has 0 atom stereocenters. The third-order valence-corrected chi connectivity index (χ3v) is 5.32. The van der Waals surface area contributed by atoms with Gasteiger partial charge in [0.2, 0.25) is 0 Å². The van der Waals surface area contributed by atoms with Crippen molar-refractivity contribution in [3.63, 3.8) is 0 Å². The third-order valence-electron chi connectivity index (χ3n) is 4.28. The van der Waals surface area contributed by atoms with E-state index in [9.17, 15) is 20.3 Å². The van der Waals surface area contributed by atoms with E-state index in [0.29, 0.717) is 23.8 Å². The van der Waals surface area contributed by atoms with Crippen LogP contribution in [0.25, 0.3) is 11.0 Å². The number of nitrogens with one attached hydrogen (secondary N) is 1. The number of rotatable bonds is 7. The van der Waals surface area contributed by atoms with Crippen molar-refractivity contribution in [3.05, 3.63) is 34.5 Å². The summed E-state index contributed by atoms with van der Waals surface area (Å²) in [6.07, 6.45) is 1.59. The molecule has 0 saturated carbocycles. The molecule has 0 bridgehead atoms. The number of aromatic hydroxyl groups is 2. The van der Waals surface area contributed by atoms with Gasteiger partial charge in [0.15, 0.2) is 22.5 Å². The smallest absolute Gasteiger partial charge is 0.287 e. The highest BCUT2D eigenvalue weighted by atomic mass is 32.2. The molecule has 2 heterocycles. The zero-order chi connectivity index (χ0) is 22.1. The number of hydrogen-bond donors (Lipinski definition) is 4. The highest BCUT2D eigenvalue weighted by Crippen LogP contribution is 2.41. The maximum Gasteiger partial charge on any atom is 0.287 e. The number of pyridine rings is 1. The van der Waals surface area contributed by atoms with Crippen LogP contribution in [0.2, 0.25) is 0 Å². The molecule has 5 N–H and O–H groups in total. The fraction of sp³-hybridized carbons (Fsp3) is 0.368. The Morgan fingerprint density at radius 2 is 2.00 bits per heavy atom. The van der Waals surface area contributed by atoms with Gasteiger partial charge in [0.1, 0.15) is 5.52 Å². The van der Waals surface area contributed by atoms with E-state index in [0.717, 1.165) is 36.0 Å². The highest BCUT2D eigenvalue weighted by molar-refractivity contribution is 7.99. The summed E-state index contributed by atoms with van der Waals surface area (Å²) in [4.78, 5) is 19.6. The summed E-state index contributed by atoms with van der Waals surface area (Å²) in [5.41, 5.74) is 7.04. The molecule has 30 heavy (non-hydrogen) atoms. The van der Waals surface area contributed by atoms with E-state index in [1.54, 1.807) is 12.3 Å². The number of nitrogens with zero attached hydrogens (tertiary/aromatic N) is 4. The van der Waals surface area contributed by atoms with Crippen LogP contribution in [-0.2, 0) is 6.54 Å². The number of nitrogens with two attached hydrogens (primary N) is 1. The molecule has 0 aliphatic heterocycles. The first-order chi connectivity index (χ1) is 14.1. The number of nitro groups is 1. The Kier molecular flexibility index (Phi) is 6.04. The number of aromatic nitrogens is 3. The van der Waals surface area contributed by atoms with Crippen molar-refractivity contribution in [1.82, 2.24) is 19.9 Å². The van der Waals surface area contributed by atoms with Gasteiger partial charge in [-0.3, -0.25) is 10.1 Å². The van der Waals surface area contributed by atoms with Gasteiger partial charge in [-0.2, -0.15) is 0 Å². The molecule has 0 fully saturated rings. The van der Waals surface area contributed by atoms with Gasteiger partial charge in [-0.25, -0.2) is 9.97 Å². The van der Waals surface area contributed by atoms with E-state index < -0.39 is 16.4 Å². The standard InChI is InChI=1S/C19H24N6O4S/c1-19(2,3)10-21-6-7-24-11-4-5-22-17(20)16(11)23-18(24)30-15-9-14(27)13(26)8-12(15)25(28)29/h4-5,8-9,21,26-27H,6-7,10H2,1-3H3,(H2,20,22). The van der Waals surface area contributed by atoms with Gasteiger partial charge in [-0.05, 0) is 23.2 Å². The number of phenols is 2. The molecule has 0 saturated heterocycles. The van der Waals surface area contributed by atoms with E-state index in [4.69, 9.17) is 5.73 Å². The van der Waals surface area contributed by atoms with Crippen LogP contribution in [0.1, 0.15) is 20.8 Å². The van der Waals surface area contributed by atoms with Crippen LogP contribution in [0.5, 0.6) is 11.5 Å². The van der Waals surface area contributed by atoms with E-state index in [-0.39, 0.29) is 21.8 Å². The van der Waals surface area contributed by atoms with Crippen molar-refractivity contribution in [2.45, 2.75) is 37.4 Å². The minimum atomic E-state index is -0.616. The number of phenolic OH excluding ortho intramolecular Hbond substituents is 2. The first-order valence-electron chi connectivity index (χ1n) is 9.26. The summed E-state index contributed by atoms with van der Waals surface area (Å²) >= 11 is 1.02. The Bertz CT molecular complexity index is 1090. The number of nitrogen functional groups attached to an aromatic ring is 1. The molecule has 11 heteroatoms. The number of hydrogen-bond acceptors (Lipinski definition) is 9. The number of anilines is 1. The first-order valence-corrected chi connectivity index (χ1v) is 10.1. The number of benzene rings is 1. The number of nitro benzene ring substituents is 1. The highest BCUT2D eigenvalue weighted by Gasteiger charge is 2.22. The molecular formula is C19H24N6O4S. The topological polar surface area (TPSA) is 152 Å². The van der Waals surface area contributed by atoms with Crippen LogP contribution < -0.4 is 11.1 Å². The lowest BCUT2D eigenvalue weighted by molar-refractivity contribution is -0.387. The second-order valence-corrected chi connectivity index (χ2v) is 9.02. The SMILES string of the molecule is CC(C)(C)CNCCn1c(Sc2cc(O)c(O)cc2[N+](=O)[O-])nc2c(N)nccc21. The third kappa shape index (κ3) is 4.74. The summed E-state index contributed by atoms with van der Waals surface area (Å²) in [6, 6.07) is 3.86. The van der Waals surface area contributed by atoms with Gasteiger partial charge >= 0.3 is 0 Å². The summed E-state index contributed by atoms with van der Waals surface area (Å²) in [6.45, 7) is 8.44. The summed E-state index contributed by atoms with van der Waals surface area (Å²) in [5.74, 6) is -0.739. The Morgan fingerprint density at radius 1 is 1.30 bits per heavy atom.